The van der Waals surface area contributed by atoms with Crippen molar-refractivity contribution in [3.63, 3.8) is 0 Å². The summed E-state index contributed by atoms with van der Waals surface area (Å²) in [5.74, 6) is 0.835. The second-order valence-corrected chi connectivity index (χ2v) is 3.36. The van der Waals surface area contributed by atoms with E-state index in [4.69, 9.17) is 4.52 Å². The first-order valence-electron chi connectivity index (χ1n) is 4.84. The molecule has 0 saturated carbocycles. The van der Waals surface area contributed by atoms with Gasteiger partial charge >= 0.3 is 0 Å². The van der Waals surface area contributed by atoms with E-state index in [1.54, 1.807) is 13.0 Å². The van der Waals surface area contributed by atoms with Crippen LogP contribution in [0, 0.1) is 6.92 Å². The standard InChI is InChI=1S/C11H11N3O2/c1-7(15)12-10-6-4-3-5-9(10)11-13-8(2)16-14-11/h3-6H,1-2H3,(H,12,15). The molecule has 1 heterocycles. The van der Waals surface area contributed by atoms with Gasteiger partial charge in [-0.2, -0.15) is 4.98 Å². The number of nitrogens with one attached hydrogen (secondary N) is 1. The van der Waals surface area contributed by atoms with Gasteiger partial charge in [0.25, 0.3) is 0 Å². The predicted molar refractivity (Wildman–Crippen MR) is 58.8 cm³/mol. The molecule has 0 atom stereocenters. The minimum absolute atomic E-state index is 0.132. The van der Waals surface area contributed by atoms with E-state index in [0.717, 1.165) is 5.56 Å². The van der Waals surface area contributed by atoms with E-state index >= 15 is 0 Å². The number of amides is 1. The van der Waals surface area contributed by atoms with Crippen LogP contribution in [0.25, 0.3) is 11.4 Å². The molecule has 0 spiro atoms. The molecule has 1 N–H and O–H groups in total. The smallest absolute Gasteiger partial charge is 0.223 e. The molecule has 0 bridgehead atoms. The Hall–Kier alpha value is -2.17. The lowest BCUT2D eigenvalue weighted by Gasteiger charge is -2.05. The van der Waals surface area contributed by atoms with Gasteiger partial charge in [-0.05, 0) is 12.1 Å². The van der Waals surface area contributed by atoms with Gasteiger partial charge in [0.15, 0.2) is 0 Å². The maximum absolute atomic E-state index is 11.0. The number of hydrogen-bond acceptors (Lipinski definition) is 4. The number of nitrogens with zero attached hydrogens (tertiary/aromatic N) is 2. The van der Waals surface area contributed by atoms with Crippen LogP contribution in [0.1, 0.15) is 12.8 Å². The molecule has 2 rings (SSSR count). The zero-order valence-electron chi connectivity index (χ0n) is 9.02. The number of aromatic nitrogens is 2. The number of para-hydroxylation sites is 1. The van der Waals surface area contributed by atoms with E-state index in [1.807, 2.05) is 18.2 Å². The van der Waals surface area contributed by atoms with E-state index < -0.39 is 0 Å². The molecule has 0 aliphatic carbocycles. The van der Waals surface area contributed by atoms with Crippen LogP contribution in [-0.2, 0) is 4.79 Å². The highest BCUT2D eigenvalue weighted by Crippen LogP contribution is 2.24. The van der Waals surface area contributed by atoms with E-state index in [2.05, 4.69) is 15.5 Å². The van der Waals surface area contributed by atoms with Crippen molar-refractivity contribution in [2.24, 2.45) is 0 Å². The molecule has 5 nitrogen and oxygen atoms in total. The van der Waals surface area contributed by atoms with Gasteiger partial charge in [0.05, 0.1) is 5.69 Å². The van der Waals surface area contributed by atoms with Gasteiger partial charge in [-0.1, -0.05) is 17.3 Å². The van der Waals surface area contributed by atoms with E-state index in [0.29, 0.717) is 17.4 Å². The van der Waals surface area contributed by atoms with Gasteiger partial charge in [0, 0.05) is 19.4 Å². The van der Waals surface area contributed by atoms with Gasteiger partial charge in [-0.25, -0.2) is 0 Å². The molecular formula is C11H11N3O2. The molecular weight excluding hydrogens is 206 g/mol. The lowest BCUT2D eigenvalue weighted by Crippen LogP contribution is -2.06. The Morgan fingerprint density at radius 1 is 1.38 bits per heavy atom. The highest BCUT2D eigenvalue weighted by Gasteiger charge is 2.10. The summed E-state index contributed by atoms with van der Waals surface area (Å²) in [6, 6.07) is 7.31. The summed E-state index contributed by atoms with van der Waals surface area (Å²) in [7, 11) is 0. The molecule has 0 fully saturated rings. The van der Waals surface area contributed by atoms with Gasteiger partial charge in [-0.3, -0.25) is 4.79 Å². The monoisotopic (exact) mass is 217 g/mol. The lowest BCUT2D eigenvalue weighted by molar-refractivity contribution is -0.114. The van der Waals surface area contributed by atoms with Crippen LogP contribution in [-0.4, -0.2) is 16.0 Å². The number of aryl methyl sites for hydroxylation is 1. The summed E-state index contributed by atoms with van der Waals surface area (Å²) in [6.45, 7) is 3.18. The van der Waals surface area contributed by atoms with E-state index in [1.165, 1.54) is 6.92 Å². The third kappa shape index (κ3) is 2.08. The van der Waals surface area contributed by atoms with Crippen LogP contribution < -0.4 is 5.32 Å². The summed E-state index contributed by atoms with van der Waals surface area (Å²) in [5, 5.41) is 6.54. The molecule has 5 heteroatoms. The maximum atomic E-state index is 11.0. The predicted octanol–water partition coefficient (Wildman–Crippen LogP) is 2.00. The Kier molecular flexibility index (Phi) is 2.68. The van der Waals surface area contributed by atoms with Gasteiger partial charge < -0.3 is 9.84 Å². The minimum atomic E-state index is -0.132. The van der Waals surface area contributed by atoms with Gasteiger partial charge in [0.2, 0.25) is 17.6 Å². The molecule has 0 radical (unpaired) electrons. The number of anilines is 1. The Labute approximate surface area is 92.5 Å². The molecule has 1 aromatic carbocycles. The van der Waals surface area contributed by atoms with Crippen molar-refractivity contribution >= 4 is 11.6 Å². The lowest BCUT2D eigenvalue weighted by atomic mass is 10.1. The Bertz CT molecular complexity index is 519. The zero-order chi connectivity index (χ0) is 11.5. The third-order valence-electron chi connectivity index (χ3n) is 2.01. The minimum Gasteiger partial charge on any atom is -0.339 e. The van der Waals surface area contributed by atoms with Crippen LogP contribution in [0.4, 0.5) is 5.69 Å². The van der Waals surface area contributed by atoms with Crippen molar-refractivity contribution in [2.45, 2.75) is 13.8 Å². The Morgan fingerprint density at radius 3 is 2.75 bits per heavy atom. The van der Waals surface area contributed by atoms with Crippen LogP contribution in [0.5, 0.6) is 0 Å². The van der Waals surface area contributed by atoms with Crippen LogP contribution >= 0.6 is 0 Å². The Balaban J connectivity index is 2.43. The summed E-state index contributed by atoms with van der Waals surface area (Å²) in [5.41, 5.74) is 1.42. The first-order valence-corrected chi connectivity index (χ1v) is 4.84. The van der Waals surface area contributed by atoms with Crippen molar-refractivity contribution in [1.82, 2.24) is 10.1 Å². The molecule has 82 valence electrons. The first-order chi connectivity index (χ1) is 7.66. The topological polar surface area (TPSA) is 68.0 Å². The fourth-order valence-corrected chi connectivity index (χ4v) is 1.39. The molecule has 0 aliphatic heterocycles. The molecule has 0 aliphatic rings. The van der Waals surface area contributed by atoms with Crippen molar-refractivity contribution < 1.29 is 9.32 Å². The summed E-state index contributed by atoms with van der Waals surface area (Å²) >= 11 is 0. The molecule has 16 heavy (non-hydrogen) atoms. The quantitative estimate of drug-likeness (QED) is 0.835. The molecule has 1 aromatic heterocycles. The third-order valence-corrected chi connectivity index (χ3v) is 2.01. The van der Waals surface area contributed by atoms with E-state index in [-0.39, 0.29) is 5.91 Å². The molecule has 0 unspecified atom stereocenters. The van der Waals surface area contributed by atoms with Crippen molar-refractivity contribution in [1.29, 1.82) is 0 Å². The summed E-state index contributed by atoms with van der Waals surface area (Å²) in [4.78, 5) is 15.1. The molecule has 1 amide bonds. The SMILES string of the molecule is CC(=O)Nc1ccccc1-c1noc(C)n1. The summed E-state index contributed by atoms with van der Waals surface area (Å²) < 4.78 is 4.91. The van der Waals surface area contributed by atoms with Gasteiger partial charge in [0.1, 0.15) is 0 Å². The zero-order valence-corrected chi connectivity index (χ0v) is 9.02. The van der Waals surface area contributed by atoms with Crippen LogP contribution in [0.2, 0.25) is 0 Å². The first kappa shape index (κ1) is 10.4. The number of carbonyl (C=O) groups is 1. The fraction of sp³-hybridized carbons (Fsp3) is 0.182. The molecule has 2 aromatic rings. The average Bonchev–Trinajstić information content (AvgIpc) is 2.65. The number of carbonyl (C=O) groups excluding carboxylic acids is 1. The van der Waals surface area contributed by atoms with Gasteiger partial charge in [-0.15, -0.1) is 0 Å². The second-order valence-electron chi connectivity index (χ2n) is 3.36. The van der Waals surface area contributed by atoms with Crippen LogP contribution in [0.3, 0.4) is 0 Å². The number of hydrogen-bond donors (Lipinski definition) is 1. The van der Waals surface area contributed by atoms with Crippen molar-refractivity contribution in [3.05, 3.63) is 30.2 Å². The number of benzene rings is 1. The van der Waals surface area contributed by atoms with Crippen molar-refractivity contribution in [2.75, 3.05) is 5.32 Å². The number of rotatable bonds is 2. The largest absolute Gasteiger partial charge is 0.339 e. The maximum Gasteiger partial charge on any atom is 0.223 e. The average molecular weight is 217 g/mol. The highest BCUT2D eigenvalue weighted by molar-refractivity contribution is 5.93. The molecule has 0 saturated heterocycles. The van der Waals surface area contributed by atoms with Crippen LogP contribution in [0.15, 0.2) is 28.8 Å². The highest BCUT2D eigenvalue weighted by atomic mass is 16.5. The summed E-state index contributed by atoms with van der Waals surface area (Å²) in [6.07, 6.45) is 0. The van der Waals surface area contributed by atoms with Crippen molar-refractivity contribution in [3.8, 4) is 11.4 Å². The van der Waals surface area contributed by atoms with E-state index in [9.17, 15) is 4.79 Å². The second kappa shape index (κ2) is 4.14. The Morgan fingerprint density at radius 2 is 2.12 bits per heavy atom. The normalized spacial score (nSPS) is 10.1. The fourth-order valence-electron chi connectivity index (χ4n) is 1.39.